The number of carbonyl (C=O) groups is 1. The van der Waals surface area contributed by atoms with Gasteiger partial charge in [0.1, 0.15) is 11.5 Å². The molecule has 0 atom stereocenters. The molecule has 1 aromatic carbocycles. The molecule has 0 aliphatic heterocycles. The van der Waals surface area contributed by atoms with Crippen LogP contribution in [0.25, 0.3) is 10.4 Å². The Balaban J connectivity index is 2.76. The van der Waals surface area contributed by atoms with Crippen molar-refractivity contribution in [1.29, 1.82) is 0 Å². The normalized spacial score (nSPS) is 10.3. The minimum absolute atomic E-state index is 0.163. The van der Waals surface area contributed by atoms with Crippen molar-refractivity contribution in [2.24, 2.45) is 0 Å². The standard InChI is InChI=1S/C11H9ClN2O4S/c1-17-6-4-3-5(12)9(18-2)7(6)10-8(11(15)16)13-14-19-10/h3-4H,1-2H3,(H,15,16). The summed E-state index contributed by atoms with van der Waals surface area (Å²) in [5, 5.41) is 13.0. The summed E-state index contributed by atoms with van der Waals surface area (Å²) < 4.78 is 14.1. The third kappa shape index (κ3) is 2.34. The Morgan fingerprint density at radius 1 is 1.37 bits per heavy atom. The van der Waals surface area contributed by atoms with E-state index in [0.717, 1.165) is 11.5 Å². The van der Waals surface area contributed by atoms with Crippen LogP contribution in [-0.4, -0.2) is 34.9 Å². The first-order valence-electron chi connectivity index (χ1n) is 5.06. The summed E-state index contributed by atoms with van der Waals surface area (Å²) in [6, 6.07) is 3.24. The molecule has 0 spiro atoms. The molecule has 0 radical (unpaired) electrons. The van der Waals surface area contributed by atoms with E-state index in [4.69, 9.17) is 26.2 Å². The SMILES string of the molecule is COc1ccc(Cl)c(OC)c1-c1snnc1C(=O)O. The van der Waals surface area contributed by atoms with E-state index in [9.17, 15) is 4.79 Å². The van der Waals surface area contributed by atoms with E-state index >= 15 is 0 Å². The first-order valence-corrected chi connectivity index (χ1v) is 6.21. The average molecular weight is 301 g/mol. The van der Waals surface area contributed by atoms with Crippen LogP contribution >= 0.6 is 23.1 Å². The Hall–Kier alpha value is -1.86. The van der Waals surface area contributed by atoms with E-state index in [0.29, 0.717) is 27.0 Å². The zero-order valence-corrected chi connectivity index (χ0v) is 11.6. The minimum Gasteiger partial charge on any atom is -0.496 e. The molecule has 1 heterocycles. The van der Waals surface area contributed by atoms with Gasteiger partial charge in [-0.2, -0.15) is 0 Å². The largest absolute Gasteiger partial charge is 0.496 e. The van der Waals surface area contributed by atoms with Gasteiger partial charge in [-0.25, -0.2) is 4.79 Å². The molecule has 2 rings (SSSR count). The molecule has 1 aromatic heterocycles. The second-order valence-corrected chi connectivity index (χ2v) is 4.58. The summed E-state index contributed by atoms with van der Waals surface area (Å²) in [5.74, 6) is -0.405. The van der Waals surface area contributed by atoms with Crippen molar-refractivity contribution in [2.45, 2.75) is 0 Å². The third-order valence-corrected chi connectivity index (χ3v) is 3.45. The van der Waals surface area contributed by atoms with Gasteiger partial charge < -0.3 is 14.6 Å². The zero-order chi connectivity index (χ0) is 14.0. The van der Waals surface area contributed by atoms with Gasteiger partial charge in [0, 0.05) is 0 Å². The maximum absolute atomic E-state index is 11.1. The van der Waals surface area contributed by atoms with Gasteiger partial charge in [0.25, 0.3) is 0 Å². The van der Waals surface area contributed by atoms with Crippen LogP contribution in [0.5, 0.6) is 11.5 Å². The Morgan fingerprint density at radius 2 is 2.11 bits per heavy atom. The van der Waals surface area contributed by atoms with E-state index in [1.807, 2.05) is 0 Å². The van der Waals surface area contributed by atoms with Gasteiger partial charge in [0.05, 0.1) is 29.7 Å². The van der Waals surface area contributed by atoms with Crippen LogP contribution < -0.4 is 9.47 Å². The van der Waals surface area contributed by atoms with Gasteiger partial charge in [-0.15, -0.1) is 5.10 Å². The van der Waals surface area contributed by atoms with Crippen LogP contribution in [-0.2, 0) is 0 Å². The Morgan fingerprint density at radius 3 is 2.68 bits per heavy atom. The Bertz CT molecular complexity index is 629. The molecule has 0 aliphatic carbocycles. The molecule has 0 saturated carbocycles. The fourth-order valence-corrected chi connectivity index (χ4v) is 2.56. The number of hydrogen-bond donors (Lipinski definition) is 1. The van der Waals surface area contributed by atoms with Crippen LogP contribution in [0, 0.1) is 0 Å². The smallest absolute Gasteiger partial charge is 0.358 e. The van der Waals surface area contributed by atoms with Crippen molar-refractivity contribution >= 4 is 29.1 Å². The van der Waals surface area contributed by atoms with Gasteiger partial charge in [0.2, 0.25) is 0 Å². The molecule has 1 N–H and O–H groups in total. The lowest BCUT2D eigenvalue weighted by Gasteiger charge is -2.13. The van der Waals surface area contributed by atoms with E-state index in [1.54, 1.807) is 12.1 Å². The first kappa shape index (κ1) is 13.6. The highest BCUT2D eigenvalue weighted by molar-refractivity contribution is 7.09. The number of carboxylic acids is 1. The number of benzene rings is 1. The zero-order valence-electron chi connectivity index (χ0n) is 10.0. The van der Waals surface area contributed by atoms with E-state index in [2.05, 4.69) is 9.59 Å². The van der Waals surface area contributed by atoms with Crippen molar-refractivity contribution in [2.75, 3.05) is 14.2 Å². The van der Waals surface area contributed by atoms with Crippen LogP contribution in [0.2, 0.25) is 5.02 Å². The van der Waals surface area contributed by atoms with E-state index in [-0.39, 0.29) is 5.69 Å². The molecule has 6 nitrogen and oxygen atoms in total. The number of aromatic nitrogens is 2. The lowest BCUT2D eigenvalue weighted by molar-refractivity contribution is 0.0691. The lowest BCUT2D eigenvalue weighted by atomic mass is 10.1. The summed E-state index contributed by atoms with van der Waals surface area (Å²) in [7, 11) is 2.92. The van der Waals surface area contributed by atoms with Crippen molar-refractivity contribution in [3.63, 3.8) is 0 Å². The second kappa shape index (κ2) is 5.41. The van der Waals surface area contributed by atoms with E-state index < -0.39 is 5.97 Å². The van der Waals surface area contributed by atoms with Gasteiger partial charge in [-0.1, -0.05) is 16.1 Å². The molecule has 0 unspecified atom stereocenters. The van der Waals surface area contributed by atoms with Gasteiger partial charge in [-0.3, -0.25) is 0 Å². The molecule has 2 aromatic rings. The van der Waals surface area contributed by atoms with Crippen molar-refractivity contribution in [3.8, 4) is 21.9 Å². The number of carboxylic acid groups (broad SMARTS) is 1. The minimum atomic E-state index is -1.17. The predicted molar refractivity (Wildman–Crippen MR) is 70.4 cm³/mol. The first-order chi connectivity index (χ1) is 9.10. The summed E-state index contributed by atoms with van der Waals surface area (Å²) in [6.07, 6.45) is 0. The monoisotopic (exact) mass is 300 g/mol. The van der Waals surface area contributed by atoms with Gasteiger partial charge in [-0.05, 0) is 23.7 Å². The fraction of sp³-hybridized carbons (Fsp3) is 0.182. The molecule has 0 bridgehead atoms. The number of nitrogens with zero attached hydrogens (tertiary/aromatic N) is 2. The summed E-state index contributed by atoms with van der Waals surface area (Å²) in [5.41, 5.74) is 0.272. The lowest BCUT2D eigenvalue weighted by Crippen LogP contribution is -2.01. The second-order valence-electron chi connectivity index (χ2n) is 3.41. The Labute approximate surface area is 117 Å². The number of halogens is 1. The molecule has 19 heavy (non-hydrogen) atoms. The molecule has 0 aliphatic rings. The fourth-order valence-electron chi connectivity index (χ4n) is 1.62. The quantitative estimate of drug-likeness (QED) is 0.934. The van der Waals surface area contributed by atoms with Gasteiger partial charge in [0.15, 0.2) is 5.69 Å². The van der Waals surface area contributed by atoms with Crippen molar-refractivity contribution < 1.29 is 19.4 Å². The number of aromatic carboxylic acids is 1. The molecule has 8 heteroatoms. The maximum Gasteiger partial charge on any atom is 0.358 e. The Kier molecular flexibility index (Phi) is 3.87. The number of hydrogen-bond acceptors (Lipinski definition) is 6. The highest BCUT2D eigenvalue weighted by Gasteiger charge is 2.24. The average Bonchev–Trinajstić information content (AvgIpc) is 2.87. The molecule has 0 fully saturated rings. The summed E-state index contributed by atoms with van der Waals surface area (Å²) in [4.78, 5) is 11.5. The highest BCUT2D eigenvalue weighted by atomic mass is 35.5. The summed E-state index contributed by atoms with van der Waals surface area (Å²) in [6.45, 7) is 0. The number of ether oxygens (including phenoxy) is 2. The summed E-state index contributed by atoms with van der Waals surface area (Å²) >= 11 is 6.98. The van der Waals surface area contributed by atoms with Crippen LogP contribution in [0.3, 0.4) is 0 Å². The van der Waals surface area contributed by atoms with Crippen molar-refractivity contribution in [1.82, 2.24) is 9.59 Å². The van der Waals surface area contributed by atoms with Crippen LogP contribution in [0.15, 0.2) is 12.1 Å². The van der Waals surface area contributed by atoms with Crippen molar-refractivity contribution in [3.05, 3.63) is 22.8 Å². The molecule has 0 amide bonds. The highest BCUT2D eigenvalue weighted by Crippen LogP contribution is 2.45. The van der Waals surface area contributed by atoms with Gasteiger partial charge >= 0.3 is 5.97 Å². The number of methoxy groups -OCH3 is 2. The van der Waals surface area contributed by atoms with E-state index in [1.165, 1.54) is 14.2 Å². The molecular weight excluding hydrogens is 292 g/mol. The third-order valence-electron chi connectivity index (χ3n) is 2.41. The molecular formula is C11H9ClN2O4S. The topological polar surface area (TPSA) is 81.5 Å². The number of rotatable bonds is 4. The molecule has 0 saturated heterocycles. The maximum atomic E-state index is 11.1. The van der Waals surface area contributed by atoms with Crippen LogP contribution in [0.1, 0.15) is 10.5 Å². The van der Waals surface area contributed by atoms with Crippen LogP contribution in [0.4, 0.5) is 0 Å². The predicted octanol–water partition coefficient (Wildman–Crippen LogP) is 2.57. The molecule has 100 valence electrons.